The second-order valence-electron chi connectivity index (χ2n) is 16.6. The van der Waals surface area contributed by atoms with Crippen LogP contribution in [0.4, 0.5) is 22.7 Å². The highest BCUT2D eigenvalue weighted by Crippen LogP contribution is 2.51. The van der Waals surface area contributed by atoms with Crippen molar-refractivity contribution in [2.45, 2.75) is 27.1 Å². The molecule has 8 aromatic carbocycles. The third kappa shape index (κ3) is 6.68. The van der Waals surface area contributed by atoms with Crippen molar-refractivity contribution in [3.63, 3.8) is 0 Å². The van der Waals surface area contributed by atoms with Crippen LogP contribution >= 0.6 is 0 Å². The Morgan fingerprint density at radius 1 is 0.615 bits per heavy atom. The minimum Gasteiger partial charge on any atom is -0.457 e. The quantitative estimate of drug-likeness (QED) is 0.177. The Morgan fingerprint density at radius 3 is 2.20 bits per heavy atom. The van der Waals surface area contributed by atoms with E-state index in [0.717, 1.165) is 39.3 Å². The molecule has 13 rings (SSSR count). The SMILES string of the molecule is [2H]c1c([2H])c([2H])c2c(c1[2H])c1ccc3cc1n2-c1cc(C([2H])([2H])C(C)C)c(cn1)-c1ccccc1Oc1cccc(c1)-c1cccc(-c2ccccc2)c1N1CN(c2ccc(C([2H])([2H])[2H])c(c2)O3)c2ccccc21. The van der Waals surface area contributed by atoms with Crippen LogP contribution in [0.25, 0.3) is 61.0 Å². The third-order valence-corrected chi connectivity index (χ3v) is 12.1. The lowest BCUT2D eigenvalue weighted by molar-refractivity contribution is 0.479. The van der Waals surface area contributed by atoms with Gasteiger partial charge >= 0.3 is 0 Å². The lowest BCUT2D eigenvalue weighted by Gasteiger charge is -2.27. The van der Waals surface area contributed by atoms with Gasteiger partial charge in [0.2, 0.25) is 0 Å². The molecular weight excluding hydrogens is 797 g/mol. The maximum absolute atomic E-state index is 9.66. The number of hydrogen-bond donors (Lipinski definition) is 0. The second-order valence-corrected chi connectivity index (χ2v) is 16.6. The summed E-state index contributed by atoms with van der Waals surface area (Å²) in [5, 5.41) is 0.692. The fraction of sp³-hybridized carbons (Fsp3) is 0.102. The van der Waals surface area contributed by atoms with Crippen LogP contribution in [0.1, 0.15) is 37.3 Å². The minimum absolute atomic E-state index is 0.0201. The predicted octanol–water partition coefficient (Wildman–Crippen LogP) is 15.8. The molecule has 6 nitrogen and oxygen atoms in total. The number of aryl methyl sites for hydroxylation is 1. The number of rotatable bonds is 3. The van der Waals surface area contributed by atoms with Crippen LogP contribution in [0.15, 0.2) is 194 Å². The molecule has 0 radical (unpaired) electrons. The highest BCUT2D eigenvalue weighted by atomic mass is 16.5. The van der Waals surface area contributed by atoms with Gasteiger partial charge in [-0.05, 0) is 102 Å². The smallest absolute Gasteiger partial charge is 0.137 e. The van der Waals surface area contributed by atoms with Gasteiger partial charge in [-0.3, -0.25) is 4.57 Å². The van der Waals surface area contributed by atoms with Crippen molar-refractivity contribution in [3.8, 4) is 62.2 Å². The van der Waals surface area contributed by atoms with E-state index in [1.54, 1.807) is 67.1 Å². The highest BCUT2D eigenvalue weighted by molar-refractivity contribution is 6.09. The van der Waals surface area contributed by atoms with Crippen LogP contribution in [-0.2, 0) is 6.37 Å². The molecule has 3 aliphatic heterocycles. The largest absolute Gasteiger partial charge is 0.457 e. The first-order valence-electron chi connectivity index (χ1n) is 26.2. The number of pyridine rings is 1. The van der Waals surface area contributed by atoms with Gasteiger partial charge in [-0.15, -0.1) is 0 Å². The summed E-state index contributed by atoms with van der Waals surface area (Å²) in [6.07, 6.45) is -0.367. The van der Waals surface area contributed by atoms with E-state index in [9.17, 15) is 4.11 Å². The molecule has 6 heteroatoms. The van der Waals surface area contributed by atoms with Crippen LogP contribution in [0.2, 0.25) is 0 Å². The van der Waals surface area contributed by atoms with E-state index < -0.39 is 31.2 Å². The molecule has 3 aliphatic rings. The number of benzene rings is 8. The number of hydrogen-bond acceptors (Lipinski definition) is 5. The van der Waals surface area contributed by atoms with E-state index in [1.807, 2.05) is 78.9 Å². The number of nitrogens with zero attached hydrogens (tertiary/aromatic N) is 4. The standard InChI is InChI=1S/C59H46N4O2/c1-38(2)31-42-33-58-60-36-51(42)50-20-8-12-26-56(50)64-44-18-13-17-41(32-44)47-22-14-21-46(40-15-5-4-6-16-40)59(47)62-37-61(53-24-10-11-25-54(53)62)43-28-27-39(3)57(34-43)65-45-29-30-49-48-19-7-9-23-52(48)63(58)55(49)35-45/h4-30,32-36,38H,31,37H2,1-3H3/i3D3,7D,9D,19D,23D,31D2. The monoisotopic (exact) mass is 851 g/mol. The van der Waals surface area contributed by atoms with Gasteiger partial charge < -0.3 is 19.3 Å². The molecule has 0 saturated heterocycles. The van der Waals surface area contributed by atoms with E-state index in [-0.39, 0.29) is 51.4 Å². The first-order chi connectivity index (χ1) is 35.6. The normalized spacial score (nSPS) is 15.3. The molecule has 10 aromatic rings. The van der Waals surface area contributed by atoms with Crippen molar-refractivity contribution in [2.24, 2.45) is 5.92 Å². The Kier molecular flexibility index (Phi) is 7.22. The van der Waals surface area contributed by atoms with E-state index in [2.05, 4.69) is 52.3 Å². The first kappa shape index (κ1) is 30.1. The fourth-order valence-corrected chi connectivity index (χ4v) is 9.28. The van der Waals surface area contributed by atoms with Gasteiger partial charge in [0.25, 0.3) is 0 Å². The van der Waals surface area contributed by atoms with Crippen LogP contribution in [-0.4, -0.2) is 16.2 Å². The zero-order valence-electron chi connectivity index (χ0n) is 44.6. The molecule has 0 spiro atoms. The molecule has 0 amide bonds. The van der Waals surface area contributed by atoms with Crippen molar-refractivity contribution in [3.05, 3.63) is 205 Å². The predicted molar refractivity (Wildman–Crippen MR) is 267 cm³/mol. The van der Waals surface area contributed by atoms with Gasteiger partial charge in [0, 0.05) is 63.9 Å². The molecule has 0 aliphatic carbocycles. The molecule has 10 bridgehead atoms. The average molecular weight is 852 g/mol. The Bertz CT molecular complexity index is 3910. The maximum atomic E-state index is 9.66. The van der Waals surface area contributed by atoms with Gasteiger partial charge in [0.1, 0.15) is 35.5 Å². The molecule has 0 N–H and O–H groups in total. The Labute approximate surface area is 391 Å². The molecule has 2 aromatic heterocycles. The van der Waals surface area contributed by atoms with E-state index in [1.165, 1.54) is 0 Å². The topological polar surface area (TPSA) is 42.8 Å². The summed E-state index contributed by atoms with van der Waals surface area (Å²) >= 11 is 0. The molecule has 65 heavy (non-hydrogen) atoms. The van der Waals surface area contributed by atoms with Crippen molar-refractivity contribution in [1.82, 2.24) is 9.55 Å². The number of aromatic nitrogens is 2. The fourth-order valence-electron chi connectivity index (χ4n) is 9.28. The zero-order valence-corrected chi connectivity index (χ0v) is 35.6. The minimum atomic E-state index is -2.58. The Hall–Kier alpha value is -8.09. The van der Waals surface area contributed by atoms with Crippen LogP contribution in [0.3, 0.4) is 0 Å². The van der Waals surface area contributed by atoms with Gasteiger partial charge in [-0.1, -0.05) is 129 Å². The zero-order chi connectivity index (χ0) is 51.4. The summed E-state index contributed by atoms with van der Waals surface area (Å²) in [7, 11) is 0. The first-order valence-corrected chi connectivity index (χ1v) is 21.7. The van der Waals surface area contributed by atoms with E-state index in [4.69, 9.17) is 22.7 Å². The van der Waals surface area contributed by atoms with E-state index in [0.29, 0.717) is 45.9 Å². The molecule has 314 valence electrons. The molecule has 0 saturated carbocycles. The van der Waals surface area contributed by atoms with Crippen LogP contribution < -0.4 is 19.3 Å². The molecule has 0 fully saturated rings. The number of ether oxygens (including phenoxy) is 2. The molecule has 0 unspecified atom stereocenters. The Morgan fingerprint density at radius 2 is 1.34 bits per heavy atom. The van der Waals surface area contributed by atoms with E-state index >= 15 is 0 Å². The third-order valence-electron chi connectivity index (χ3n) is 12.1. The average Bonchev–Trinajstić information content (AvgIpc) is 3.97. The number of anilines is 4. The summed E-state index contributed by atoms with van der Waals surface area (Å²) in [6, 6.07) is 50.4. The van der Waals surface area contributed by atoms with Crippen molar-refractivity contribution in [1.29, 1.82) is 0 Å². The van der Waals surface area contributed by atoms with Crippen LogP contribution in [0.5, 0.6) is 23.0 Å². The summed E-state index contributed by atoms with van der Waals surface area (Å²) in [5.74, 6) is 0.979. The molecule has 5 heterocycles. The van der Waals surface area contributed by atoms with Gasteiger partial charge in [0.05, 0.1) is 33.6 Å². The maximum Gasteiger partial charge on any atom is 0.137 e. The lowest BCUT2D eigenvalue weighted by Crippen LogP contribution is -2.25. The second kappa shape index (κ2) is 15.6. The van der Waals surface area contributed by atoms with Crippen molar-refractivity contribution < 1.29 is 21.8 Å². The number of fused-ring (bicyclic) bond motifs is 5. The molecular formula is C59H46N4O2. The number of para-hydroxylation sites is 5. The van der Waals surface area contributed by atoms with Gasteiger partial charge in [0.15, 0.2) is 0 Å². The Balaban J connectivity index is 1.16. The summed E-state index contributed by atoms with van der Waals surface area (Å²) in [6.45, 7) is 1.36. The summed E-state index contributed by atoms with van der Waals surface area (Å²) < 4.78 is 96.5. The summed E-state index contributed by atoms with van der Waals surface area (Å²) in [4.78, 5) is 9.41. The molecule has 0 atom stereocenters. The van der Waals surface area contributed by atoms with Crippen LogP contribution in [0, 0.1) is 12.8 Å². The summed E-state index contributed by atoms with van der Waals surface area (Å²) in [5.41, 5.74) is 9.09. The van der Waals surface area contributed by atoms with Crippen molar-refractivity contribution >= 4 is 44.6 Å². The van der Waals surface area contributed by atoms with Gasteiger partial charge in [-0.25, -0.2) is 4.98 Å². The van der Waals surface area contributed by atoms with Gasteiger partial charge in [-0.2, -0.15) is 0 Å². The van der Waals surface area contributed by atoms with Crippen molar-refractivity contribution in [2.75, 3.05) is 16.5 Å². The highest BCUT2D eigenvalue weighted by Gasteiger charge is 2.32. The lowest BCUT2D eigenvalue weighted by atomic mass is 9.94.